The highest BCUT2D eigenvalue weighted by Crippen LogP contribution is 2.24. The van der Waals surface area contributed by atoms with Crippen molar-refractivity contribution in [2.24, 2.45) is 5.92 Å². The van der Waals surface area contributed by atoms with Crippen molar-refractivity contribution in [2.45, 2.75) is 39.4 Å². The summed E-state index contributed by atoms with van der Waals surface area (Å²) in [6.07, 6.45) is 0. The first kappa shape index (κ1) is 23.1. The van der Waals surface area contributed by atoms with Crippen LogP contribution in [0.5, 0.6) is 0 Å². The number of carbonyl (C=O) groups is 2. The van der Waals surface area contributed by atoms with E-state index in [2.05, 4.69) is 39.6 Å². The van der Waals surface area contributed by atoms with Gasteiger partial charge in [0.2, 0.25) is 11.9 Å². The molecule has 1 aromatic heterocycles. The molecule has 31 heavy (non-hydrogen) atoms. The van der Waals surface area contributed by atoms with E-state index in [-0.39, 0.29) is 5.75 Å². The van der Waals surface area contributed by atoms with Crippen molar-refractivity contribution in [3.63, 3.8) is 0 Å². The van der Waals surface area contributed by atoms with Gasteiger partial charge in [0.25, 0.3) is 0 Å². The molecule has 1 fully saturated rings. The Kier molecular flexibility index (Phi) is 7.91. The molecule has 1 aromatic carbocycles. The van der Waals surface area contributed by atoms with Gasteiger partial charge in [-0.1, -0.05) is 31.7 Å². The van der Waals surface area contributed by atoms with Gasteiger partial charge in [-0.2, -0.15) is 0 Å². The van der Waals surface area contributed by atoms with E-state index in [9.17, 15) is 9.59 Å². The van der Waals surface area contributed by atoms with Crippen LogP contribution in [0.2, 0.25) is 0 Å². The highest BCUT2D eigenvalue weighted by molar-refractivity contribution is 7.99. The summed E-state index contributed by atoms with van der Waals surface area (Å²) in [4.78, 5) is 26.6. The zero-order chi connectivity index (χ0) is 22.4. The summed E-state index contributed by atoms with van der Waals surface area (Å²) in [6.45, 7) is 11.8. The zero-order valence-corrected chi connectivity index (χ0v) is 19.3. The maximum Gasteiger partial charge on any atom is 0.325 e. The highest BCUT2D eigenvalue weighted by Gasteiger charge is 2.22. The molecule has 0 radical (unpaired) electrons. The molecule has 10 heteroatoms. The molecule has 168 valence electrons. The second-order valence-corrected chi connectivity index (χ2v) is 8.92. The SMILES string of the molecule is Cc1ccc(NC(=O)NC(=O)CSc2nnc(N3CCOCC3)n2CC(C)C)cc1C. The Bertz CT molecular complexity index is 924. The molecular weight excluding hydrogens is 416 g/mol. The number of urea groups is 1. The number of hydrogen-bond acceptors (Lipinski definition) is 7. The van der Waals surface area contributed by atoms with Gasteiger partial charge in [-0.05, 0) is 43.0 Å². The fraction of sp³-hybridized carbons (Fsp3) is 0.524. The predicted octanol–water partition coefficient (Wildman–Crippen LogP) is 2.83. The smallest absolute Gasteiger partial charge is 0.325 e. The standard InChI is InChI=1S/C21H30N6O3S/c1-14(2)12-27-20(26-7-9-30-10-8-26)24-25-21(27)31-13-18(28)23-19(29)22-17-6-5-15(3)16(4)11-17/h5-6,11,14H,7-10,12-13H2,1-4H3,(H2,22,23,28,29). The van der Waals surface area contributed by atoms with Crippen LogP contribution in [0.15, 0.2) is 23.4 Å². The van der Waals surface area contributed by atoms with Crippen LogP contribution < -0.4 is 15.5 Å². The molecule has 1 aliphatic rings. The molecule has 0 saturated carbocycles. The van der Waals surface area contributed by atoms with Crippen molar-refractivity contribution in [3.05, 3.63) is 29.3 Å². The average Bonchev–Trinajstić information content (AvgIpc) is 3.11. The quantitative estimate of drug-likeness (QED) is 0.631. The van der Waals surface area contributed by atoms with Crippen LogP contribution in [-0.2, 0) is 16.1 Å². The number of anilines is 2. The van der Waals surface area contributed by atoms with Gasteiger partial charge < -0.3 is 15.0 Å². The normalized spacial score (nSPS) is 14.0. The Balaban J connectivity index is 1.58. The van der Waals surface area contributed by atoms with E-state index in [0.717, 1.165) is 36.7 Å². The predicted molar refractivity (Wildman–Crippen MR) is 122 cm³/mol. The van der Waals surface area contributed by atoms with E-state index >= 15 is 0 Å². The van der Waals surface area contributed by atoms with Crippen LogP contribution in [0, 0.1) is 19.8 Å². The number of ether oxygens (including phenoxy) is 1. The molecule has 2 aromatic rings. The Labute approximate surface area is 186 Å². The lowest BCUT2D eigenvalue weighted by Gasteiger charge is -2.28. The Hall–Kier alpha value is -2.59. The van der Waals surface area contributed by atoms with E-state index < -0.39 is 11.9 Å². The summed E-state index contributed by atoms with van der Waals surface area (Å²) >= 11 is 1.27. The molecule has 9 nitrogen and oxygen atoms in total. The van der Waals surface area contributed by atoms with E-state index in [1.54, 1.807) is 0 Å². The van der Waals surface area contributed by atoms with E-state index in [4.69, 9.17) is 4.74 Å². The van der Waals surface area contributed by atoms with Gasteiger partial charge >= 0.3 is 6.03 Å². The first-order valence-corrected chi connectivity index (χ1v) is 11.4. The van der Waals surface area contributed by atoms with Crippen molar-refractivity contribution < 1.29 is 14.3 Å². The van der Waals surface area contributed by atoms with Gasteiger partial charge in [0, 0.05) is 25.3 Å². The van der Waals surface area contributed by atoms with Gasteiger partial charge in [0.05, 0.1) is 19.0 Å². The fourth-order valence-electron chi connectivity index (χ4n) is 3.18. The van der Waals surface area contributed by atoms with Crippen molar-refractivity contribution in [1.29, 1.82) is 0 Å². The molecule has 1 aliphatic heterocycles. The maximum absolute atomic E-state index is 12.3. The molecule has 2 N–H and O–H groups in total. The minimum Gasteiger partial charge on any atom is -0.378 e. The molecule has 2 heterocycles. The number of benzene rings is 1. The number of rotatable bonds is 7. The average molecular weight is 447 g/mol. The van der Waals surface area contributed by atoms with Crippen molar-refractivity contribution in [2.75, 3.05) is 42.3 Å². The van der Waals surface area contributed by atoms with Gasteiger partial charge in [-0.25, -0.2) is 4.79 Å². The fourth-order valence-corrected chi connectivity index (χ4v) is 3.93. The van der Waals surface area contributed by atoms with Crippen LogP contribution in [0.1, 0.15) is 25.0 Å². The molecule has 0 spiro atoms. The topological polar surface area (TPSA) is 101 Å². The number of aromatic nitrogens is 3. The molecule has 1 saturated heterocycles. The second kappa shape index (κ2) is 10.6. The minimum atomic E-state index is -0.550. The van der Waals surface area contributed by atoms with Crippen LogP contribution in [0.3, 0.4) is 0 Å². The summed E-state index contributed by atoms with van der Waals surface area (Å²) in [5, 5.41) is 14.4. The lowest BCUT2D eigenvalue weighted by atomic mass is 10.1. The number of nitrogens with one attached hydrogen (secondary N) is 2. The van der Waals surface area contributed by atoms with Crippen molar-refractivity contribution in [1.82, 2.24) is 20.1 Å². The monoisotopic (exact) mass is 446 g/mol. The lowest BCUT2D eigenvalue weighted by molar-refractivity contribution is -0.117. The molecule has 3 rings (SSSR count). The number of thioether (sulfide) groups is 1. The van der Waals surface area contributed by atoms with Crippen LogP contribution in [0.4, 0.5) is 16.4 Å². The number of nitrogens with zero attached hydrogens (tertiary/aromatic N) is 4. The lowest BCUT2D eigenvalue weighted by Crippen LogP contribution is -2.38. The first-order valence-electron chi connectivity index (χ1n) is 10.4. The van der Waals surface area contributed by atoms with Crippen molar-refractivity contribution in [3.8, 4) is 0 Å². The zero-order valence-electron chi connectivity index (χ0n) is 18.5. The maximum atomic E-state index is 12.3. The van der Waals surface area contributed by atoms with Crippen LogP contribution in [-0.4, -0.2) is 58.8 Å². The van der Waals surface area contributed by atoms with Crippen LogP contribution >= 0.6 is 11.8 Å². The van der Waals surface area contributed by atoms with E-state index in [1.807, 2.05) is 36.6 Å². The highest BCUT2D eigenvalue weighted by atomic mass is 32.2. The summed E-state index contributed by atoms with van der Waals surface area (Å²) in [7, 11) is 0. The number of aryl methyl sites for hydroxylation is 2. The number of hydrogen-bond donors (Lipinski definition) is 2. The minimum absolute atomic E-state index is 0.0691. The number of imide groups is 1. The molecular formula is C21H30N6O3S. The summed E-state index contributed by atoms with van der Waals surface area (Å²) in [6, 6.07) is 5.06. The summed E-state index contributed by atoms with van der Waals surface area (Å²) in [5.74, 6) is 0.873. The van der Waals surface area contributed by atoms with E-state index in [1.165, 1.54) is 11.8 Å². The second-order valence-electron chi connectivity index (χ2n) is 7.98. The number of morpholine rings is 1. The molecule has 3 amide bonds. The van der Waals surface area contributed by atoms with E-state index in [0.29, 0.717) is 30.0 Å². The summed E-state index contributed by atoms with van der Waals surface area (Å²) in [5.41, 5.74) is 2.86. The Morgan fingerprint density at radius 3 is 2.58 bits per heavy atom. The van der Waals surface area contributed by atoms with Crippen LogP contribution in [0.25, 0.3) is 0 Å². The third-order valence-corrected chi connectivity index (χ3v) is 5.86. The van der Waals surface area contributed by atoms with Gasteiger partial charge in [0.1, 0.15) is 0 Å². The molecule has 0 unspecified atom stereocenters. The Morgan fingerprint density at radius 1 is 1.16 bits per heavy atom. The summed E-state index contributed by atoms with van der Waals surface area (Å²) < 4.78 is 7.47. The van der Waals surface area contributed by atoms with Gasteiger partial charge in [-0.3, -0.25) is 14.7 Å². The third kappa shape index (κ3) is 6.44. The third-order valence-electron chi connectivity index (χ3n) is 4.89. The van der Waals surface area contributed by atoms with Gasteiger partial charge in [0.15, 0.2) is 5.16 Å². The first-order chi connectivity index (χ1) is 14.8. The molecule has 0 bridgehead atoms. The number of amides is 3. The Morgan fingerprint density at radius 2 is 1.90 bits per heavy atom. The van der Waals surface area contributed by atoms with Gasteiger partial charge in [-0.15, -0.1) is 10.2 Å². The van der Waals surface area contributed by atoms with Crippen molar-refractivity contribution >= 4 is 35.3 Å². The largest absolute Gasteiger partial charge is 0.378 e. The molecule has 0 aliphatic carbocycles. The molecule has 0 atom stereocenters. The number of carbonyl (C=O) groups excluding carboxylic acids is 2.